The van der Waals surface area contributed by atoms with E-state index in [2.05, 4.69) is 10.6 Å². The van der Waals surface area contributed by atoms with E-state index < -0.39 is 11.9 Å². The van der Waals surface area contributed by atoms with Crippen molar-refractivity contribution in [2.75, 3.05) is 11.9 Å². The van der Waals surface area contributed by atoms with Gasteiger partial charge >= 0.3 is 5.97 Å². The van der Waals surface area contributed by atoms with Crippen LogP contribution in [0.1, 0.15) is 18.4 Å². The van der Waals surface area contributed by atoms with Gasteiger partial charge in [-0.05, 0) is 18.6 Å². The number of carboxylic acid groups (broad SMARTS) is 1. The number of carboxylic acids is 1. The Morgan fingerprint density at radius 2 is 2.00 bits per heavy atom. The van der Waals surface area contributed by atoms with Crippen LogP contribution in [0.5, 0.6) is 0 Å². The molecule has 0 bridgehead atoms. The Hall–Kier alpha value is -3.32. The van der Waals surface area contributed by atoms with E-state index in [1.54, 1.807) is 30.3 Å². The second-order valence-electron chi connectivity index (χ2n) is 4.22. The Balaban J connectivity index is 2.63. The topological polar surface area (TPSA) is 126 Å². The summed E-state index contributed by atoms with van der Waals surface area (Å²) in [7, 11) is 0. The number of hydrogen-bond donors (Lipinski definition) is 3. The lowest BCUT2D eigenvalue weighted by Crippen LogP contribution is -2.26. The standard InChI is InChI=1S/C15H14N4O3/c16-8-11-4-1-2-5-13(11)19-10-12(9-17)15(22)18-7-3-6-14(20)21/h1-2,4-5,10,19H,3,6-7H2,(H,18,22)(H,20,21)/b12-10-. The van der Waals surface area contributed by atoms with Crippen molar-refractivity contribution in [1.29, 1.82) is 10.5 Å². The average molecular weight is 298 g/mol. The van der Waals surface area contributed by atoms with Gasteiger partial charge < -0.3 is 15.7 Å². The number of aliphatic carboxylic acids is 1. The predicted octanol–water partition coefficient (Wildman–Crippen LogP) is 1.36. The van der Waals surface area contributed by atoms with Crippen molar-refractivity contribution in [3.63, 3.8) is 0 Å². The van der Waals surface area contributed by atoms with Gasteiger partial charge in [0.15, 0.2) is 0 Å². The highest BCUT2D eigenvalue weighted by atomic mass is 16.4. The van der Waals surface area contributed by atoms with E-state index in [1.807, 2.05) is 6.07 Å². The molecule has 0 spiro atoms. The average Bonchev–Trinajstić information content (AvgIpc) is 2.52. The monoisotopic (exact) mass is 298 g/mol. The van der Waals surface area contributed by atoms with Crippen LogP contribution in [0.3, 0.4) is 0 Å². The van der Waals surface area contributed by atoms with Crippen molar-refractivity contribution in [2.24, 2.45) is 0 Å². The van der Waals surface area contributed by atoms with Crippen molar-refractivity contribution in [2.45, 2.75) is 12.8 Å². The number of carbonyl (C=O) groups excluding carboxylic acids is 1. The van der Waals surface area contributed by atoms with Gasteiger partial charge in [-0.2, -0.15) is 10.5 Å². The van der Waals surface area contributed by atoms with E-state index in [9.17, 15) is 9.59 Å². The Bertz CT molecular complexity index is 668. The minimum Gasteiger partial charge on any atom is -0.481 e. The third-order valence-electron chi connectivity index (χ3n) is 2.64. The highest BCUT2D eigenvalue weighted by molar-refractivity contribution is 5.97. The number of nitrogens with zero attached hydrogens (tertiary/aromatic N) is 2. The largest absolute Gasteiger partial charge is 0.481 e. The highest BCUT2D eigenvalue weighted by Crippen LogP contribution is 2.13. The van der Waals surface area contributed by atoms with Crippen LogP contribution in [0, 0.1) is 22.7 Å². The molecule has 1 rings (SSSR count). The quantitative estimate of drug-likeness (QED) is 0.396. The number of nitrogens with one attached hydrogen (secondary N) is 2. The molecular formula is C15H14N4O3. The molecule has 0 aliphatic rings. The summed E-state index contributed by atoms with van der Waals surface area (Å²) in [6, 6.07) is 10.4. The van der Waals surface area contributed by atoms with E-state index in [-0.39, 0.29) is 25.0 Å². The third-order valence-corrected chi connectivity index (χ3v) is 2.64. The summed E-state index contributed by atoms with van der Waals surface area (Å²) in [5.74, 6) is -1.55. The molecule has 0 radical (unpaired) electrons. The molecule has 112 valence electrons. The van der Waals surface area contributed by atoms with Gasteiger partial charge in [-0.3, -0.25) is 9.59 Å². The second kappa shape index (κ2) is 8.77. The van der Waals surface area contributed by atoms with E-state index in [0.717, 1.165) is 0 Å². The molecule has 22 heavy (non-hydrogen) atoms. The van der Waals surface area contributed by atoms with Gasteiger partial charge in [0, 0.05) is 19.2 Å². The molecular weight excluding hydrogens is 284 g/mol. The molecule has 0 heterocycles. The zero-order valence-electron chi connectivity index (χ0n) is 11.7. The normalized spacial score (nSPS) is 10.2. The molecule has 0 saturated heterocycles. The molecule has 0 unspecified atom stereocenters. The van der Waals surface area contributed by atoms with Crippen LogP contribution in [-0.4, -0.2) is 23.5 Å². The van der Waals surface area contributed by atoms with Crippen LogP contribution in [-0.2, 0) is 9.59 Å². The number of anilines is 1. The van der Waals surface area contributed by atoms with Crippen LogP contribution in [0.25, 0.3) is 0 Å². The van der Waals surface area contributed by atoms with E-state index >= 15 is 0 Å². The van der Waals surface area contributed by atoms with Crippen molar-refractivity contribution in [3.05, 3.63) is 41.6 Å². The van der Waals surface area contributed by atoms with Crippen LogP contribution in [0.2, 0.25) is 0 Å². The van der Waals surface area contributed by atoms with Crippen molar-refractivity contribution >= 4 is 17.6 Å². The Morgan fingerprint density at radius 3 is 2.64 bits per heavy atom. The molecule has 7 heteroatoms. The van der Waals surface area contributed by atoms with Crippen molar-refractivity contribution in [1.82, 2.24) is 5.32 Å². The number of hydrogen-bond acceptors (Lipinski definition) is 5. The zero-order valence-corrected chi connectivity index (χ0v) is 11.7. The zero-order chi connectivity index (χ0) is 16.4. The first-order valence-electron chi connectivity index (χ1n) is 6.44. The number of benzene rings is 1. The first kappa shape index (κ1) is 16.7. The van der Waals surface area contributed by atoms with E-state index in [0.29, 0.717) is 11.3 Å². The summed E-state index contributed by atoms with van der Waals surface area (Å²) >= 11 is 0. The Labute approximate surface area is 127 Å². The first-order valence-corrected chi connectivity index (χ1v) is 6.44. The highest BCUT2D eigenvalue weighted by Gasteiger charge is 2.09. The van der Waals surface area contributed by atoms with Crippen LogP contribution < -0.4 is 10.6 Å². The lowest BCUT2D eigenvalue weighted by atomic mass is 10.2. The first-order chi connectivity index (χ1) is 10.6. The summed E-state index contributed by atoms with van der Waals surface area (Å²) in [4.78, 5) is 22.1. The maximum atomic E-state index is 11.7. The summed E-state index contributed by atoms with van der Waals surface area (Å²) in [6.07, 6.45) is 1.44. The fourth-order valence-corrected chi connectivity index (χ4v) is 1.54. The number of nitriles is 2. The van der Waals surface area contributed by atoms with Crippen LogP contribution in [0.15, 0.2) is 36.0 Å². The van der Waals surface area contributed by atoms with Gasteiger partial charge in [-0.15, -0.1) is 0 Å². The number of rotatable bonds is 7. The minimum absolute atomic E-state index is 0.0559. The molecule has 1 aromatic rings. The summed E-state index contributed by atoms with van der Waals surface area (Å²) in [5, 5.41) is 31.6. The van der Waals surface area contributed by atoms with Crippen molar-refractivity contribution in [3.8, 4) is 12.1 Å². The number of amides is 1. The van der Waals surface area contributed by atoms with Gasteiger partial charge in [0.2, 0.25) is 0 Å². The number of carbonyl (C=O) groups is 2. The maximum Gasteiger partial charge on any atom is 0.303 e. The smallest absolute Gasteiger partial charge is 0.303 e. The molecule has 0 saturated carbocycles. The molecule has 3 N–H and O–H groups in total. The molecule has 0 aliphatic heterocycles. The van der Waals surface area contributed by atoms with Gasteiger partial charge in [-0.25, -0.2) is 0 Å². The summed E-state index contributed by atoms with van der Waals surface area (Å²) in [5.41, 5.74) is 0.706. The number of para-hydroxylation sites is 1. The molecule has 1 aromatic carbocycles. The van der Waals surface area contributed by atoms with Gasteiger partial charge in [0.25, 0.3) is 5.91 Å². The minimum atomic E-state index is -0.944. The lowest BCUT2D eigenvalue weighted by Gasteiger charge is -2.05. The molecule has 7 nitrogen and oxygen atoms in total. The van der Waals surface area contributed by atoms with Crippen molar-refractivity contribution < 1.29 is 14.7 Å². The fourth-order valence-electron chi connectivity index (χ4n) is 1.54. The summed E-state index contributed by atoms with van der Waals surface area (Å²) in [6.45, 7) is 0.166. The Kier molecular flexibility index (Phi) is 6.67. The van der Waals surface area contributed by atoms with Gasteiger partial charge in [0.05, 0.1) is 11.3 Å². The summed E-state index contributed by atoms with van der Waals surface area (Å²) < 4.78 is 0. The van der Waals surface area contributed by atoms with E-state index in [4.69, 9.17) is 15.6 Å². The molecule has 0 aliphatic carbocycles. The van der Waals surface area contributed by atoms with E-state index in [1.165, 1.54) is 6.20 Å². The molecule has 0 fully saturated rings. The SMILES string of the molecule is N#C/C(=C/Nc1ccccc1C#N)C(=O)NCCCC(=O)O. The fraction of sp³-hybridized carbons (Fsp3) is 0.200. The molecule has 0 aromatic heterocycles. The van der Waals surface area contributed by atoms with Crippen LogP contribution >= 0.6 is 0 Å². The van der Waals surface area contributed by atoms with Gasteiger partial charge in [-0.1, -0.05) is 12.1 Å². The third kappa shape index (κ3) is 5.35. The predicted molar refractivity (Wildman–Crippen MR) is 78.4 cm³/mol. The maximum absolute atomic E-state index is 11.7. The molecule has 0 atom stereocenters. The Morgan fingerprint density at radius 1 is 1.27 bits per heavy atom. The lowest BCUT2D eigenvalue weighted by molar-refractivity contribution is -0.137. The van der Waals surface area contributed by atoms with Crippen LogP contribution in [0.4, 0.5) is 5.69 Å². The second-order valence-corrected chi connectivity index (χ2v) is 4.22. The van der Waals surface area contributed by atoms with Gasteiger partial charge in [0.1, 0.15) is 17.7 Å². The molecule has 1 amide bonds.